The number of amides is 1. The van der Waals surface area contributed by atoms with Crippen molar-refractivity contribution < 1.29 is 4.79 Å². The minimum Gasteiger partial charge on any atom is -0.350 e. The standard InChI is InChI=1S/C13H21ClN4O/c1-13(2,18(3)4)8-16-12(19)10-7-9(14)5-6-11(10)17-15/h5-7,17H,8,15H2,1-4H3,(H,16,19). The minimum atomic E-state index is -0.203. The quantitative estimate of drug-likeness (QED) is 0.568. The number of benzene rings is 1. The van der Waals surface area contributed by atoms with Gasteiger partial charge in [-0.3, -0.25) is 10.6 Å². The number of hydrogen-bond acceptors (Lipinski definition) is 4. The molecule has 4 N–H and O–H groups in total. The molecule has 0 aliphatic heterocycles. The highest BCUT2D eigenvalue weighted by atomic mass is 35.5. The van der Waals surface area contributed by atoms with Crippen molar-refractivity contribution in [1.29, 1.82) is 0 Å². The number of rotatable bonds is 5. The van der Waals surface area contributed by atoms with Gasteiger partial charge in [0.1, 0.15) is 0 Å². The molecule has 5 nitrogen and oxygen atoms in total. The van der Waals surface area contributed by atoms with Gasteiger partial charge in [-0.05, 0) is 46.1 Å². The molecule has 0 fully saturated rings. The van der Waals surface area contributed by atoms with Crippen molar-refractivity contribution in [1.82, 2.24) is 10.2 Å². The van der Waals surface area contributed by atoms with Crippen LogP contribution in [-0.2, 0) is 0 Å². The molecule has 1 aromatic carbocycles. The third-order valence-electron chi connectivity index (χ3n) is 3.27. The topological polar surface area (TPSA) is 70.4 Å². The fourth-order valence-electron chi connectivity index (χ4n) is 1.38. The fourth-order valence-corrected chi connectivity index (χ4v) is 1.55. The Morgan fingerprint density at radius 2 is 2.05 bits per heavy atom. The predicted octanol–water partition coefficient (Wildman–Crippen LogP) is 1.70. The summed E-state index contributed by atoms with van der Waals surface area (Å²) in [6, 6.07) is 4.94. The van der Waals surface area contributed by atoms with Crippen LogP contribution in [0.5, 0.6) is 0 Å². The van der Waals surface area contributed by atoms with Gasteiger partial charge in [0.15, 0.2) is 0 Å². The van der Waals surface area contributed by atoms with Crippen LogP contribution in [0, 0.1) is 0 Å². The summed E-state index contributed by atoms with van der Waals surface area (Å²) in [5.41, 5.74) is 3.34. The number of nitrogen functional groups attached to an aromatic ring is 1. The smallest absolute Gasteiger partial charge is 0.253 e. The summed E-state index contributed by atoms with van der Waals surface area (Å²) in [7, 11) is 3.94. The first kappa shape index (κ1) is 15.8. The summed E-state index contributed by atoms with van der Waals surface area (Å²) < 4.78 is 0. The van der Waals surface area contributed by atoms with Gasteiger partial charge in [-0.15, -0.1) is 0 Å². The molecule has 0 unspecified atom stereocenters. The molecule has 0 atom stereocenters. The molecule has 0 saturated heterocycles. The summed E-state index contributed by atoms with van der Waals surface area (Å²) in [5.74, 6) is 5.18. The third-order valence-corrected chi connectivity index (χ3v) is 3.51. The van der Waals surface area contributed by atoms with E-state index in [1.165, 1.54) is 0 Å². The van der Waals surface area contributed by atoms with Gasteiger partial charge in [0.2, 0.25) is 0 Å². The van der Waals surface area contributed by atoms with Crippen LogP contribution in [0.3, 0.4) is 0 Å². The number of likely N-dealkylation sites (N-methyl/N-ethyl adjacent to an activating group) is 1. The second-order valence-corrected chi connectivity index (χ2v) is 5.66. The van der Waals surface area contributed by atoms with Gasteiger partial charge in [0.25, 0.3) is 5.91 Å². The lowest BCUT2D eigenvalue weighted by molar-refractivity contribution is 0.0920. The number of carbonyl (C=O) groups is 1. The van der Waals surface area contributed by atoms with E-state index < -0.39 is 0 Å². The van der Waals surface area contributed by atoms with E-state index in [1.54, 1.807) is 18.2 Å². The average molecular weight is 285 g/mol. The fraction of sp³-hybridized carbons (Fsp3) is 0.462. The van der Waals surface area contributed by atoms with Crippen molar-refractivity contribution in [2.45, 2.75) is 19.4 Å². The van der Waals surface area contributed by atoms with Crippen molar-refractivity contribution in [3.63, 3.8) is 0 Å². The molecule has 0 spiro atoms. The molecule has 0 aliphatic carbocycles. The summed E-state index contributed by atoms with van der Waals surface area (Å²) in [6.07, 6.45) is 0. The number of nitrogens with zero attached hydrogens (tertiary/aromatic N) is 1. The van der Waals surface area contributed by atoms with Crippen LogP contribution in [-0.4, -0.2) is 37.0 Å². The maximum atomic E-state index is 12.2. The number of nitrogens with one attached hydrogen (secondary N) is 2. The van der Waals surface area contributed by atoms with Crippen molar-refractivity contribution >= 4 is 23.2 Å². The number of hydrazine groups is 1. The SMILES string of the molecule is CN(C)C(C)(C)CNC(=O)c1cc(Cl)ccc1NN. The molecule has 1 aromatic rings. The molecule has 106 valence electrons. The van der Waals surface area contributed by atoms with Crippen LogP contribution in [0.25, 0.3) is 0 Å². The van der Waals surface area contributed by atoms with E-state index in [-0.39, 0.29) is 11.4 Å². The molecule has 0 aromatic heterocycles. The molecule has 19 heavy (non-hydrogen) atoms. The van der Waals surface area contributed by atoms with Gasteiger partial charge in [0.05, 0.1) is 11.3 Å². The minimum absolute atomic E-state index is 0.134. The van der Waals surface area contributed by atoms with E-state index in [4.69, 9.17) is 17.4 Å². The number of nitrogens with two attached hydrogens (primary N) is 1. The van der Waals surface area contributed by atoms with Crippen molar-refractivity contribution in [2.75, 3.05) is 26.1 Å². The highest BCUT2D eigenvalue weighted by Crippen LogP contribution is 2.20. The second kappa shape index (κ2) is 6.23. The Kier molecular flexibility index (Phi) is 5.17. The number of halogens is 1. The van der Waals surface area contributed by atoms with E-state index in [1.807, 2.05) is 32.8 Å². The lowest BCUT2D eigenvalue weighted by Gasteiger charge is -2.32. The van der Waals surface area contributed by atoms with E-state index in [9.17, 15) is 4.79 Å². The molecule has 6 heteroatoms. The van der Waals surface area contributed by atoms with Crippen molar-refractivity contribution in [3.8, 4) is 0 Å². The lowest BCUT2D eigenvalue weighted by atomic mass is 10.0. The van der Waals surface area contributed by atoms with Gasteiger partial charge < -0.3 is 15.6 Å². The zero-order valence-electron chi connectivity index (χ0n) is 11.7. The maximum Gasteiger partial charge on any atom is 0.253 e. The van der Waals surface area contributed by atoms with Gasteiger partial charge in [-0.1, -0.05) is 11.6 Å². The normalized spacial score (nSPS) is 11.5. The Morgan fingerprint density at radius 3 is 2.58 bits per heavy atom. The number of anilines is 1. The van der Waals surface area contributed by atoms with E-state index in [2.05, 4.69) is 10.7 Å². The molecule has 0 heterocycles. The molecule has 0 bridgehead atoms. The summed E-state index contributed by atoms with van der Waals surface area (Å²) in [4.78, 5) is 14.2. The first-order valence-corrected chi connectivity index (χ1v) is 6.37. The number of hydrogen-bond donors (Lipinski definition) is 3. The van der Waals surface area contributed by atoms with Gasteiger partial charge in [0, 0.05) is 17.1 Å². The van der Waals surface area contributed by atoms with Crippen LogP contribution in [0.1, 0.15) is 24.2 Å². The lowest BCUT2D eigenvalue weighted by Crippen LogP contribution is -2.48. The highest BCUT2D eigenvalue weighted by Gasteiger charge is 2.22. The largest absolute Gasteiger partial charge is 0.350 e. The van der Waals surface area contributed by atoms with Crippen LogP contribution in [0.4, 0.5) is 5.69 Å². The van der Waals surface area contributed by atoms with E-state index in [0.717, 1.165) is 0 Å². The summed E-state index contributed by atoms with van der Waals surface area (Å²) >= 11 is 5.90. The van der Waals surface area contributed by atoms with E-state index >= 15 is 0 Å². The molecule has 0 saturated carbocycles. The average Bonchev–Trinajstić information content (AvgIpc) is 2.35. The Labute approximate surface area is 119 Å². The second-order valence-electron chi connectivity index (χ2n) is 5.22. The molecular weight excluding hydrogens is 264 g/mol. The van der Waals surface area contributed by atoms with Crippen LogP contribution in [0.15, 0.2) is 18.2 Å². The third kappa shape index (κ3) is 4.09. The molecule has 0 aliphatic rings. The van der Waals surface area contributed by atoms with Crippen molar-refractivity contribution in [3.05, 3.63) is 28.8 Å². The first-order chi connectivity index (χ1) is 8.77. The monoisotopic (exact) mass is 284 g/mol. The molecule has 1 rings (SSSR count). The van der Waals surface area contributed by atoms with E-state index in [0.29, 0.717) is 22.8 Å². The first-order valence-electron chi connectivity index (χ1n) is 5.99. The van der Waals surface area contributed by atoms with Gasteiger partial charge in [-0.25, -0.2) is 0 Å². The molecular formula is C13H21ClN4O. The summed E-state index contributed by atoms with van der Waals surface area (Å²) in [6.45, 7) is 4.62. The zero-order valence-corrected chi connectivity index (χ0v) is 12.5. The molecule has 0 radical (unpaired) electrons. The summed E-state index contributed by atoms with van der Waals surface area (Å²) in [5, 5.41) is 3.38. The zero-order chi connectivity index (χ0) is 14.6. The Balaban J connectivity index is 2.82. The maximum absolute atomic E-state index is 12.2. The van der Waals surface area contributed by atoms with Gasteiger partial charge in [-0.2, -0.15) is 0 Å². The predicted molar refractivity (Wildman–Crippen MR) is 79.4 cm³/mol. The van der Waals surface area contributed by atoms with Gasteiger partial charge >= 0.3 is 0 Å². The van der Waals surface area contributed by atoms with Crippen LogP contribution < -0.4 is 16.6 Å². The number of carbonyl (C=O) groups excluding carboxylic acids is 1. The Bertz CT molecular complexity index is 460. The molecule has 1 amide bonds. The Morgan fingerprint density at radius 1 is 1.42 bits per heavy atom. The van der Waals surface area contributed by atoms with Crippen molar-refractivity contribution in [2.24, 2.45) is 5.84 Å². The highest BCUT2D eigenvalue weighted by molar-refractivity contribution is 6.31. The Hall–Kier alpha value is -1.30. The van der Waals surface area contributed by atoms with Crippen LogP contribution in [0.2, 0.25) is 5.02 Å². The van der Waals surface area contributed by atoms with Crippen LogP contribution >= 0.6 is 11.6 Å².